The van der Waals surface area contributed by atoms with E-state index in [0.29, 0.717) is 19.3 Å². The standard InChI is InChI=1S/C11H18O4/c1-3-7-8(10(12)13)5-4-6(2)9(7)11(14)15/h6-9H,3-5H2,1-2H3,(H,12,13)(H,14,15). The van der Waals surface area contributed by atoms with Crippen LogP contribution >= 0.6 is 0 Å². The van der Waals surface area contributed by atoms with Gasteiger partial charge in [-0.1, -0.05) is 20.3 Å². The van der Waals surface area contributed by atoms with Crippen molar-refractivity contribution in [1.29, 1.82) is 0 Å². The van der Waals surface area contributed by atoms with Gasteiger partial charge in [0.15, 0.2) is 0 Å². The molecule has 4 heteroatoms. The Morgan fingerprint density at radius 1 is 1.20 bits per heavy atom. The van der Waals surface area contributed by atoms with Crippen LogP contribution in [-0.2, 0) is 9.59 Å². The summed E-state index contributed by atoms with van der Waals surface area (Å²) in [6.45, 7) is 3.77. The van der Waals surface area contributed by atoms with Crippen molar-refractivity contribution in [3.63, 3.8) is 0 Å². The number of carbonyl (C=O) groups is 2. The average molecular weight is 214 g/mol. The van der Waals surface area contributed by atoms with Gasteiger partial charge in [0.1, 0.15) is 0 Å². The number of hydrogen-bond acceptors (Lipinski definition) is 2. The third-order valence-corrected chi connectivity index (χ3v) is 3.60. The van der Waals surface area contributed by atoms with E-state index in [2.05, 4.69) is 0 Å². The Hall–Kier alpha value is -1.06. The molecule has 0 bridgehead atoms. The molecule has 0 saturated heterocycles. The van der Waals surface area contributed by atoms with Gasteiger partial charge in [0.2, 0.25) is 0 Å². The van der Waals surface area contributed by atoms with Crippen LogP contribution in [0.5, 0.6) is 0 Å². The third-order valence-electron chi connectivity index (χ3n) is 3.60. The van der Waals surface area contributed by atoms with Crippen LogP contribution in [0.2, 0.25) is 0 Å². The van der Waals surface area contributed by atoms with Crippen LogP contribution in [0.4, 0.5) is 0 Å². The van der Waals surface area contributed by atoms with E-state index in [-0.39, 0.29) is 11.8 Å². The van der Waals surface area contributed by atoms with Gasteiger partial charge in [-0.2, -0.15) is 0 Å². The summed E-state index contributed by atoms with van der Waals surface area (Å²) in [4.78, 5) is 22.1. The quantitative estimate of drug-likeness (QED) is 0.751. The molecule has 1 aliphatic rings. The summed E-state index contributed by atoms with van der Waals surface area (Å²) in [5.74, 6) is -2.80. The molecule has 86 valence electrons. The smallest absolute Gasteiger partial charge is 0.307 e. The average Bonchev–Trinajstić information content (AvgIpc) is 2.15. The molecule has 0 heterocycles. The molecule has 0 spiro atoms. The van der Waals surface area contributed by atoms with Gasteiger partial charge in [0.25, 0.3) is 0 Å². The lowest BCUT2D eigenvalue weighted by Crippen LogP contribution is -2.41. The molecule has 0 aromatic rings. The van der Waals surface area contributed by atoms with Crippen LogP contribution in [0.15, 0.2) is 0 Å². The highest BCUT2D eigenvalue weighted by Crippen LogP contribution is 2.40. The van der Waals surface area contributed by atoms with Crippen molar-refractivity contribution in [1.82, 2.24) is 0 Å². The molecule has 0 radical (unpaired) electrons. The molecule has 1 rings (SSSR count). The van der Waals surface area contributed by atoms with E-state index in [0.717, 1.165) is 0 Å². The Kier molecular flexibility index (Phi) is 3.72. The molecule has 4 nitrogen and oxygen atoms in total. The fourth-order valence-electron chi connectivity index (χ4n) is 2.78. The van der Waals surface area contributed by atoms with Crippen molar-refractivity contribution in [2.45, 2.75) is 33.1 Å². The number of rotatable bonds is 3. The second kappa shape index (κ2) is 4.64. The molecule has 0 aromatic carbocycles. The molecule has 1 saturated carbocycles. The minimum absolute atomic E-state index is 0.0862. The molecule has 1 aliphatic carbocycles. The van der Waals surface area contributed by atoms with Gasteiger partial charge in [-0.25, -0.2) is 0 Å². The monoisotopic (exact) mass is 214 g/mol. The number of aliphatic carboxylic acids is 2. The van der Waals surface area contributed by atoms with Crippen molar-refractivity contribution in [3.05, 3.63) is 0 Å². The zero-order valence-corrected chi connectivity index (χ0v) is 9.14. The maximum Gasteiger partial charge on any atom is 0.307 e. The molecule has 2 N–H and O–H groups in total. The van der Waals surface area contributed by atoms with E-state index in [4.69, 9.17) is 10.2 Å². The van der Waals surface area contributed by atoms with Crippen molar-refractivity contribution in [3.8, 4) is 0 Å². The summed E-state index contributed by atoms with van der Waals surface area (Å²) in [5.41, 5.74) is 0. The lowest BCUT2D eigenvalue weighted by atomic mass is 9.66. The Labute approximate surface area is 89.3 Å². The second-order valence-corrected chi connectivity index (χ2v) is 4.44. The lowest BCUT2D eigenvalue weighted by molar-refractivity contribution is -0.155. The van der Waals surface area contributed by atoms with Crippen molar-refractivity contribution in [2.24, 2.45) is 23.7 Å². The Bertz CT molecular complexity index is 261. The van der Waals surface area contributed by atoms with Gasteiger partial charge in [-0.15, -0.1) is 0 Å². The van der Waals surface area contributed by atoms with Crippen LogP contribution in [0, 0.1) is 23.7 Å². The normalized spacial score (nSPS) is 36.1. The molecule has 0 aromatic heterocycles. The van der Waals surface area contributed by atoms with E-state index in [9.17, 15) is 9.59 Å². The fraction of sp³-hybridized carbons (Fsp3) is 0.818. The minimum Gasteiger partial charge on any atom is -0.481 e. The van der Waals surface area contributed by atoms with E-state index in [1.807, 2.05) is 13.8 Å². The molecule has 15 heavy (non-hydrogen) atoms. The minimum atomic E-state index is -0.847. The summed E-state index contributed by atoms with van der Waals surface area (Å²) in [5, 5.41) is 18.1. The van der Waals surface area contributed by atoms with Crippen LogP contribution in [0.1, 0.15) is 33.1 Å². The molecule has 1 fully saturated rings. The van der Waals surface area contributed by atoms with Gasteiger partial charge < -0.3 is 10.2 Å². The predicted octanol–water partition coefficient (Wildman–Crippen LogP) is 1.84. The number of carboxylic acid groups (broad SMARTS) is 2. The van der Waals surface area contributed by atoms with E-state index in [1.54, 1.807) is 0 Å². The van der Waals surface area contributed by atoms with Crippen molar-refractivity contribution >= 4 is 11.9 Å². The Morgan fingerprint density at radius 2 is 1.80 bits per heavy atom. The van der Waals surface area contributed by atoms with Crippen LogP contribution in [-0.4, -0.2) is 22.2 Å². The topological polar surface area (TPSA) is 74.6 Å². The predicted molar refractivity (Wildman–Crippen MR) is 54.4 cm³/mol. The molecule has 0 aliphatic heterocycles. The van der Waals surface area contributed by atoms with E-state index >= 15 is 0 Å². The molecule has 4 unspecified atom stereocenters. The SMILES string of the molecule is CCC1C(C(=O)O)CCC(C)C1C(=O)O. The maximum atomic E-state index is 11.1. The molecular weight excluding hydrogens is 196 g/mol. The summed E-state index contributed by atoms with van der Waals surface area (Å²) in [6, 6.07) is 0. The van der Waals surface area contributed by atoms with Crippen LogP contribution in [0.25, 0.3) is 0 Å². The second-order valence-electron chi connectivity index (χ2n) is 4.44. The van der Waals surface area contributed by atoms with Crippen molar-refractivity contribution < 1.29 is 19.8 Å². The Balaban J connectivity index is 2.90. The zero-order valence-electron chi connectivity index (χ0n) is 9.14. The first-order valence-corrected chi connectivity index (χ1v) is 5.44. The largest absolute Gasteiger partial charge is 0.481 e. The van der Waals surface area contributed by atoms with Crippen LogP contribution in [0.3, 0.4) is 0 Å². The van der Waals surface area contributed by atoms with Gasteiger partial charge >= 0.3 is 11.9 Å². The molecular formula is C11H18O4. The summed E-state index contributed by atoms with van der Waals surface area (Å²) in [7, 11) is 0. The van der Waals surface area contributed by atoms with E-state index < -0.39 is 23.8 Å². The third kappa shape index (κ3) is 2.30. The summed E-state index contributed by atoms with van der Waals surface area (Å²) >= 11 is 0. The summed E-state index contributed by atoms with van der Waals surface area (Å²) in [6.07, 6.45) is 1.93. The number of hydrogen-bond donors (Lipinski definition) is 2. The fourth-order valence-corrected chi connectivity index (χ4v) is 2.78. The van der Waals surface area contributed by atoms with E-state index in [1.165, 1.54) is 0 Å². The first kappa shape index (κ1) is 12.0. The molecule has 4 atom stereocenters. The van der Waals surface area contributed by atoms with Crippen molar-refractivity contribution in [2.75, 3.05) is 0 Å². The first-order valence-electron chi connectivity index (χ1n) is 5.44. The van der Waals surface area contributed by atoms with Crippen LogP contribution < -0.4 is 0 Å². The van der Waals surface area contributed by atoms with Gasteiger partial charge in [0.05, 0.1) is 11.8 Å². The molecule has 0 amide bonds. The number of carboxylic acids is 2. The maximum absolute atomic E-state index is 11.1. The van der Waals surface area contributed by atoms with Gasteiger partial charge in [-0.05, 0) is 24.7 Å². The highest BCUT2D eigenvalue weighted by molar-refractivity contribution is 5.75. The zero-order chi connectivity index (χ0) is 11.6. The Morgan fingerprint density at radius 3 is 2.20 bits per heavy atom. The van der Waals surface area contributed by atoms with Gasteiger partial charge in [0, 0.05) is 0 Å². The first-order chi connectivity index (χ1) is 6.99. The highest BCUT2D eigenvalue weighted by atomic mass is 16.4. The summed E-state index contributed by atoms with van der Waals surface area (Å²) < 4.78 is 0. The van der Waals surface area contributed by atoms with Gasteiger partial charge in [-0.3, -0.25) is 9.59 Å². The highest BCUT2D eigenvalue weighted by Gasteiger charge is 2.43. The lowest BCUT2D eigenvalue weighted by Gasteiger charge is -2.37.